The highest BCUT2D eigenvalue weighted by atomic mass is 32.2. The number of halogens is 1. The molecule has 0 spiro atoms. The maximum atomic E-state index is 14.0. The number of aryl methyl sites for hydroxylation is 1. The molecule has 1 N–H and O–H groups in total. The number of carbonyl (C=O) groups excluding carboxylic acids is 1. The van der Waals surface area contributed by atoms with Crippen molar-refractivity contribution in [1.29, 1.82) is 0 Å². The van der Waals surface area contributed by atoms with Gasteiger partial charge in [0.25, 0.3) is 0 Å². The number of amides is 1. The quantitative estimate of drug-likeness (QED) is 0.689. The second-order valence-electron chi connectivity index (χ2n) is 5.96. The van der Waals surface area contributed by atoms with Crippen LogP contribution in [0.25, 0.3) is 11.4 Å². The number of thioether (sulfide) groups is 1. The summed E-state index contributed by atoms with van der Waals surface area (Å²) in [6, 6.07) is 14.0. The van der Waals surface area contributed by atoms with E-state index in [1.54, 1.807) is 36.7 Å². The van der Waals surface area contributed by atoms with Crippen LogP contribution in [0.3, 0.4) is 0 Å². The van der Waals surface area contributed by atoms with Gasteiger partial charge in [0, 0.05) is 12.7 Å². The molecule has 1 amide bonds. The van der Waals surface area contributed by atoms with Crippen LogP contribution in [0.5, 0.6) is 0 Å². The van der Waals surface area contributed by atoms with Gasteiger partial charge in [-0.2, -0.15) is 0 Å². The van der Waals surface area contributed by atoms with Gasteiger partial charge < -0.3 is 9.88 Å². The molecule has 1 heterocycles. The largest absolute Gasteiger partial charge is 0.325 e. The molecule has 0 aliphatic rings. The van der Waals surface area contributed by atoms with Gasteiger partial charge in [-0.15, -0.1) is 10.2 Å². The first-order valence-corrected chi connectivity index (χ1v) is 9.02. The summed E-state index contributed by atoms with van der Waals surface area (Å²) in [5, 5.41) is 11.2. The van der Waals surface area contributed by atoms with Gasteiger partial charge in [-0.1, -0.05) is 41.6 Å². The maximum Gasteiger partial charge on any atom is 0.237 e. The summed E-state index contributed by atoms with van der Waals surface area (Å²) in [4.78, 5) is 12.4. The summed E-state index contributed by atoms with van der Waals surface area (Å²) in [5.74, 6) is -0.0595. The van der Waals surface area contributed by atoms with Crippen molar-refractivity contribution in [3.05, 3.63) is 59.9 Å². The maximum absolute atomic E-state index is 14.0. The molecule has 0 saturated heterocycles. The van der Waals surface area contributed by atoms with Gasteiger partial charge in [0.2, 0.25) is 5.91 Å². The van der Waals surface area contributed by atoms with Crippen LogP contribution in [-0.4, -0.2) is 25.9 Å². The predicted octanol–water partition coefficient (Wildman–Crippen LogP) is 4.05. The molecule has 2 aromatic carbocycles. The zero-order chi connectivity index (χ0) is 18.7. The van der Waals surface area contributed by atoms with Crippen molar-refractivity contribution < 1.29 is 9.18 Å². The van der Waals surface area contributed by atoms with Crippen molar-refractivity contribution in [2.45, 2.75) is 24.3 Å². The van der Waals surface area contributed by atoms with E-state index in [0.29, 0.717) is 16.5 Å². The van der Waals surface area contributed by atoms with Crippen LogP contribution >= 0.6 is 11.8 Å². The summed E-state index contributed by atoms with van der Waals surface area (Å²) < 4.78 is 15.7. The van der Waals surface area contributed by atoms with Gasteiger partial charge in [-0.3, -0.25) is 4.79 Å². The Morgan fingerprint density at radius 2 is 1.85 bits per heavy atom. The molecule has 0 fully saturated rings. The Morgan fingerprint density at radius 1 is 1.15 bits per heavy atom. The molecule has 7 heteroatoms. The Labute approximate surface area is 155 Å². The van der Waals surface area contributed by atoms with Gasteiger partial charge in [-0.25, -0.2) is 4.39 Å². The summed E-state index contributed by atoms with van der Waals surface area (Å²) >= 11 is 1.28. The topological polar surface area (TPSA) is 59.8 Å². The van der Waals surface area contributed by atoms with Crippen molar-refractivity contribution >= 4 is 23.4 Å². The first kappa shape index (κ1) is 18.1. The number of nitrogens with one attached hydrogen (secondary N) is 1. The molecule has 3 aromatic rings. The molecule has 26 heavy (non-hydrogen) atoms. The molecule has 3 rings (SSSR count). The van der Waals surface area contributed by atoms with Crippen LogP contribution in [0.4, 0.5) is 10.1 Å². The molecular weight excluding hydrogens is 351 g/mol. The highest BCUT2D eigenvalue weighted by Gasteiger charge is 2.20. The zero-order valence-corrected chi connectivity index (χ0v) is 15.5. The Morgan fingerprint density at radius 3 is 2.54 bits per heavy atom. The molecule has 0 unspecified atom stereocenters. The SMILES string of the molecule is Cc1ccc(NC(=O)[C@H](C)Sc2nnc(-c3ccccc3F)n2C)cc1. The number of hydrogen-bond donors (Lipinski definition) is 1. The van der Waals surface area contributed by atoms with Gasteiger partial charge in [0.1, 0.15) is 5.82 Å². The minimum absolute atomic E-state index is 0.130. The first-order chi connectivity index (χ1) is 12.5. The van der Waals surface area contributed by atoms with Crippen molar-refractivity contribution in [2.75, 3.05) is 5.32 Å². The highest BCUT2D eigenvalue weighted by molar-refractivity contribution is 8.00. The van der Waals surface area contributed by atoms with E-state index in [9.17, 15) is 9.18 Å². The number of anilines is 1. The van der Waals surface area contributed by atoms with Crippen LogP contribution in [0.1, 0.15) is 12.5 Å². The molecule has 134 valence electrons. The van der Waals surface area contributed by atoms with Crippen LogP contribution in [0.2, 0.25) is 0 Å². The number of nitrogens with zero attached hydrogens (tertiary/aromatic N) is 3. The molecular formula is C19H19FN4OS. The van der Waals surface area contributed by atoms with E-state index < -0.39 is 0 Å². The Balaban J connectivity index is 1.71. The lowest BCUT2D eigenvalue weighted by Crippen LogP contribution is -2.22. The van der Waals surface area contributed by atoms with E-state index >= 15 is 0 Å². The normalized spacial score (nSPS) is 12.0. The third-order valence-electron chi connectivity index (χ3n) is 3.92. The fourth-order valence-corrected chi connectivity index (χ4v) is 3.20. The minimum atomic E-state index is -0.382. The lowest BCUT2D eigenvalue weighted by molar-refractivity contribution is -0.115. The van der Waals surface area contributed by atoms with Crippen LogP contribution in [-0.2, 0) is 11.8 Å². The summed E-state index contributed by atoms with van der Waals surface area (Å²) in [7, 11) is 1.76. The molecule has 0 aliphatic carbocycles. The number of hydrogen-bond acceptors (Lipinski definition) is 4. The third kappa shape index (κ3) is 3.94. The second kappa shape index (κ2) is 7.70. The molecule has 0 aliphatic heterocycles. The summed E-state index contributed by atoms with van der Waals surface area (Å²) in [6.45, 7) is 3.79. The van der Waals surface area contributed by atoms with Crippen LogP contribution in [0, 0.1) is 12.7 Å². The van der Waals surface area contributed by atoms with Crippen molar-refractivity contribution in [3.8, 4) is 11.4 Å². The number of rotatable bonds is 5. The van der Waals surface area contributed by atoms with Crippen molar-refractivity contribution in [1.82, 2.24) is 14.8 Å². The average Bonchev–Trinajstić information content (AvgIpc) is 2.98. The molecule has 0 radical (unpaired) electrons. The monoisotopic (exact) mass is 370 g/mol. The van der Waals surface area contributed by atoms with E-state index in [0.717, 1.165) is 11.3 Å². The van der Waals surface area contributed by atoms with Gasteiger partial charge in [0.05, 0.1) is 10.8 Å². The zero-order valence-electron chi connectivity index (χ0n) is 14.7. The average molecular weight is 370 g/mol. The number of aromatic nitrogens is 3. The molecule has 5 nitrogen and oxygen atoms in total. The Hall–Kier alpha value is -2.67. The fraction of sp³-hybridized carbons (Fsp3) is 0.211. The minimum Gasteiger partial charge on any atom is -0.325 e. The van der Waals surface area contributed by atoms with Crippen LogP contribution < -0.4 is 5.32 Å². The summed E-state index contributed by atoms with van der Waals surface area (Å²) in [5.41, 5.74) is 2.26. The van der Waals surface area contributed by atoms with E-state index in [2.05, 4.69) is 15.5 Å². The van der Waals surface area contributed by atoms with Crippen molar-refractivity contribution in [2.24, 2.45) is 7.05 Å². The third-order valence-corrected chi connectivity index (χ3v) is 5.05. The highest BCUT2D eigenvalue weighted by Crippen LogP contribution is 2.27. The summed E-state index contributed by atoms with van der Waals surface area (Å²) in [6.07, 6.45) is 0. The van der Waals surface area contributed by atoms with E-state index in [1.165, 1.54) is 17.8 Å². The fourth-order valence-electron chi connectivity index (χ4n) is 2.39. The number of carbonyl (C=O) groups is 1. The van der Waals surface area contributed by atoms with Gasteiger partial charge >= 0.3 is 0 Å². The number of benzene rings is 2. The first-order valence-electron chi connectivity index (χ1n) is 8.14. The molecule has 0 saturated carbocycles. The second-order valence-corrected chi connectivity index (χ2v) is 7.27. The van der Waals surface area contributed by atoms with E-state index in [1.807, 2.05) is 31.2 Å². The lowest BCUT2D eigenvalue weighted by Gasteiger charge is -2.12. The lowest BCUT2D eigenvalue weighted by atomic mass is 10.2. The van der Waals surface area contributed by atoms with Crippen LogP contribution in [0.15, 0.2) is 53.7 Å². The molecule has 0 bridgehead atoms. The van der Waals surface area contributed by atoms with Gasteiger partial charge in [-0.05, 0) is 38.1 Å². The standard InChI is InChI=1S/C19H19FN4OS/c1-12-8-10-14(11-9-12)21-18(25)13(2)26-19-23-22-17(24(19)3)15-6-4-5-7-16(15)20/h4-11,13H,1-3H3,(H,21,25)/t13-/m0/s1. The Bertz CT molecular complexity index is 924. The van der Waals surface area contributed by atoms with Crippen molar-refractivity contribution in [3.63, 3.8) is 0 Å². The molecule has 1 aromatic heterocycles. The van der Waals surface area contributed by atoms with E-state index in [4.69, 9.17) is 0 Å². The Kier molecular flexibility index (Phi) is 5.37. The predicted molar refractivity (Wildman–Crippen MR) is 102 cm³/mol. The van der Waals surface area contributed by atoms with Gasteiger partial charge in [0.15, 0.2) is 11.0 Å². The smallest absolute Gasteiger partial charge is 0.237 e. The molecule has 1 atom stereocenters. The van der Waals surface area contributed by atoms with E-state index in [-0.39, 0.29) is 17.0 Å².